The molecule has 8 rings (SSSR count). The lowest BCUT2D eigenvalue weighted by Gasteiger charge is -2.45. The summed E-state index contributed by atoms with van der Waals surface area (Å²) in [7, 11) is 0. The van der Waals surface area contributed by atoms with Gasteiger partial charge >= 0.3 is 5.97 Å². The van der Waals surface area contributed by atoms with Crippen LogP contribution in [0.25, 0.3) is 0 Å². The fourth-order valence-corrected chi connectivity index (χ4v) is 6.89. The van der Waals surface area contributed by atoms with E-state index in [0.29, 0.717) is 23.7 Å². The first kappa shape index (κ1) is 26.6. The van der Waals surface area contributed by atoms with Crippen molar-refractivity contribution in [3.63, 3.8) is 0 Å². The zero-order chi connectivity index (χ0) is 29.7. The van der Waals surface area contributed by atoms with E-state index < -0.39 is 30.3 Å². The van der Waals surface area contributed by atoms with Gasteiger partial charge in [0.15, 0.2) is 6.61 Å². The maximum Gasteiger partial charge on any atom is 0.338 e. The summed E-state index contributed by atoms with van der Waals surface area (Å²) in [5, 5.41) is 2.67. The summed E-state index contributed by atoms with van der Waals surface area (Å²) in [6.07, 6.45) is 0. The van der Waals surface area contributed by atoms with Crippen molar-refractivity contribution in [2.45, 2.75) is 18.8 Å². The highest BCUT2D eigenvalue weighted by Gasteiger charge is 2.61. The van der Waals surface area contributed by atoms with Crippen LogP contribution >= 0.6 is 0 Å². The summed E-state index contributed by atoms with van der Waals surface area (Å²) in [6, 6.07) is 29.2. The summed E-state index contributed by atoms with van der Waals surface area (Å²) in [4.78, 5) is 54.1. The molecule has 1 aliphatic heterocycles. The molecule has 2 bridgehead atoms. The standard InChI is InChI=1S/C35H28N2O6/c1-2-42-23-17-13-21(14-18-23)36-28(38)19-43-35(41)20-11-15-22(16-12-20)37-33(39)31-29-24-7-3-4-8-25(24)30(32(31)34(37)40)27-10-6-5-9-26(27)29/h3-18,29-32H,2,19H2,1H3,(H,36,38)/t29?,30?,31-,32-/m1/s1. The number of amides is 3. The second-order valence-corrected chi connectivity index (χ2v) is 10.9. The van der Waals surface area contributed by atoms with Crippen molar-refractivity contribution in [2.75, 3.05) is 23.4 Å². The van der Waals surface area contributed by atoms with Crippen LogP contribution in [0.2, 0.25) is 0 Å². The van der Waals surface area contributed by atoms with Crippen LogP contribution in [-0.4, -0.2) is 36.9 Å². The molecule has 0 spiro atoms. The van der Waals surface area contributed by atoms with E-state index in [2.05, 4.69) is 29.6 Å². The molecule has 0 aromatic heterocycles. The van der Waals surface area contributed by atoms with Gasteiger partial charge in [0, 0.05) is 17.5 Å². The molecular weight excluding hydrogens is 544 g/mol. The van der Waals surface area contributed by atoms with Crippen molar-refractivity contribution in [3.8, 4) is 5.75 Å². The van der Waals surface area contributed by atoms with Gasteiger partial charge in [-0.25, -0.2) is 9.69 Å². The summed E-state index contributed by atoms with van der Waals surface area (Å²) >= 11 is 0. The molecule has 4 aromatic rings. The first-order valence-corrected chi connectivity index (χ1v) is 14.3. The third-order valence-corrected chi connectivity index (χ3v) is 8.59. The molecule has 0 unspecified atom stereocenters. The number of rotatable bonds is 7. The minimum absolute atomic E-state index is 0.188. The fourth-order valence-electron chi connectivity index (χ4n) is 6.89. The maximum absolute atomic E-state index is 13.9. The van der Waals surface area contributed by atoms with E-state index in [9.17, 15) is 19.2 Å². The normalized spacial score (nSPS) is 21.1. The van der Waals surface area contributed by atoms with Gasteiger partial charge in [0.25, 0.3) is 5.91 Å². The number of hydrogen-bond donors (Lipinski definition) is 1. The molecular formula is C35H28N2O6. The van der Waals surface area contributed by atoms with Gasteiger partial charge in [-0.15, -0.1) is 0 Å². The van der Waals surface area contributed by atoms with E-state index in [-0.39, 0.29) is 29.2 Å². The van der Waals surface area contributed by atoms with Gasteiger partial charge in [0.05, 0.1) is 29.7 Å². The van der Waals surface area contributed by atoms with Crippen LogP contribution in [-0.2, 0) is 19.1 Å². The molecule has 1 heterocycles. The Balaban J connectivity index is 1.05. The Hall–Kier alpha value is -5.24. The molecule has 8 heteroatoms. The summed E-state index contributed by atoms with van der Waals surface area (Å²) in [5.41, 5.74) is 5.60. The second kappa shape index (κ2) is 10.5. The third-order valence-electron chi connectivity index (χ3n) is 8.59. The fraction of sp³-hybridized carbons (Fsp3) is 0.200. The number of benzene rings is 4. The minimum Gasteiger partial charge on any atom is -0.494 e. The van der Waals surface area contributed by atoms with Gasteiger partial charge in [-0.3, -0.25) is 14.4 Å². The van der Waals surface area contributed by atoms with Crippen molar-refractivity contribution in [1.82, 2.24) is 0 Å². The molecule has 4 aliphatic rings. The molecule has 43 heavy (non-hydrogen) atoms. The summed E-state index contributed by atoms with van der Waals surface area (Å²) in [6.45, 7) is 1.96. The average Bonchev–Trinajstić information content (AvgIpc) is 3.31. The predicted octanol–water partition coefficient (Wildman–Crippen LogP) is 5.28. The number of ether oxygens (including phenoxy) is 2. The molecule has 3 amide bonds. The van der Waals surface area contributed by atoms with E-state index in [0.717, 1.165) is 22.3 Å². The van der Waals surface area contributed by atoms with Crippen molar-refractivity contribution in [3.05, 3.63) is 125 Å². The van der Waals surface area contributed by atoms with Crippen LogP contribution < -0.4 is 15.0 Å². The van der Waals surface area contributed by atoms with Crippen LogP contribution in [0.3, 0.4) is 0 Å². The van der Waals surface area contributed by atoms with Gasteiger partial charge in [0.2, 0.25) is 11.8 Å². The van der Waals surface area contributed by atoms with E-state index in [1.165, 1.54) is 17.0 Å². The SMILES string of the molecule is CCOc1ccc(NC(=O)COC(=O)c2ccc(N3C(=O)[C@@H]4C5c6ccccc6C(c6ccccc65)[C@H]4C3=O)cc2)cc1. The molecule has 214 valence electrons. The number of esters is 1. The molecule has 0 saturated carbocycles. The Morgan fingerprint density at radius 3 is 1.72 bits per heavy atom. The molecule has 1 N–H and O–H groups in total. The van der Waals surface area contributed by atoms with Crippen molar-refractivity contribution < 1.29 is 28.7 Å². The summed E-state index contributed by atoms with van der Waals surface area (Å²) < 4.78 is 10.6. The maximum atomic E-state index is 13.9. The Morgan fingerprint density at radius 1 is 0.721 bits per heavy atom. The Labute approximate surface area is 248 Å². The van der Waals surface area contributed by atoms with Crippen LogP contribution in [0, 0.1) is 11.8 Å². The zero-order valence-electron chi connectivity index (χ0n) is 23.4. The molecule has 3 aliphatic carbocycles. The van der Waals surface area contributed by atoms with Gasteiger partial charge in [-0.05, 0) is 77.7 Å². The van der Waals surface area contributed by atoms with Crippen molar-refractivity contribution >= 4 is 35.1 Å². The van der Waals surface area contributed by atoms with E-state index in [1.807, 2.05) is 31.2 Å². The van der Waals surface area contributed by atoms with Gasteiger partial charge in [0.1, 0.15) is 5.75 Å². The first-order chi connectivity index (χ1) is 21.0. The topological polar surface area (TPSA) is 102 Å². The van der Waals surface area contributed by atoms with Crippen LogP contribution in [0.5, 0.6) is 5.75 Å². The Bertz CT molecular complexity index is 1650. The van der Waals surface area contributed by atoms with Gasteiger partial charge < -0.3 is 14.8 Å². The number of nitrogens with zero attached hydrogens (tertiary/aromatic N) is 1. The molecule has 1 saturated heterocycles. The molecule has 0 radical (unpaired) electrons. The molecule has 2 atom stereocenters. The van der Waals surface area contributed by atoms with Crippen LogP contribution in [0.1, 0.15) is 51.4 Å². The largest absolute Gasteiger partial charge is 0.494 e. The lowest BCUT2D eigenvalue weighted by molar-refractivity contribution is -0.122. The summed E-state index contributed by atoms with van der Waals surface area (Å²) in [5.74, 6) is -2.29. The Morgan fingerprint density at radius 2 is 1.23 bits per heavy atom. The van der Waals surface area contributed by atoms with E-state index in [1.54, 1.807) is 36.4 Å². The van der Waals surface area contributed by atoms with Crippen molar-refractivity contribution in [2.24, 2.45) is 11.8 Å². The van der Waals surface area contributed by atoms with E-state index >= 15 is 0 Å². The lowest BCUT2D eigenvalue weighted by Crippen LogP contribution is -2.41. The number of carbonyl (C=O) groups is 4. The second-order valence-electron chi connectivity index (χ2n) is 10.9. The minimum atomic E-state index is -0.690. The molecule has 4 aromatic carbocycles. The number of anilines is 2. The van der Waals surface area contributed by atoms with E-state index in [4.69, 9.17) is 9.47 Å². The number of imide groups is 1. The van der Waals surface area contributed by atoms with Crippen LogP contribution in [0.15, 0.2) is 97.1 Å². The van der Waals surface area contributed by atoms with Gasteiger partial charge in [-0.1, -0.05) is 48.5 Å². The lowest BCUT2D eigenvalue weighted by atomic mass is 9.55. The molecule has 8 nitrogen and oxygen atoms in total. The average molecular weight is 573 g/mol. The Kier molecular flexibility index (Phi) is 6.54. The highest BCUT2D eigenvalue weighted by atomic mass is 16.5. The monoisotopic (exact) mass is 572 g/mol. The smallest absolute Gasteiger partial charge is 0.338 e. The predicted molar refractivity (Wildman–Crippen MR) is 159 cm³/mol. The first-order valence-electron chi connectivity index (χ1n) is 14.3. The quantitative estimate of drug-likeness (QED) is 0.239. The number of hydrogen-bond acceptors (Lipinski definition) is 6. The zero-order valence-corrected chi connectivity index (χ0v) is 23.4. The highest BCUT2D eigenvalue weighted by molar-refractivity contribution is 6.23. The highest BCUT2D eigenvalue weighted by Crippen LogP contribution is 2.61. The van der Waals surface area contributed by atoms with Crippen molar-refractivity contribution in [1.29, 1.82) is 0 Å². The molecule has 1 fully saturated rings. The van der Waals surface area contributed by atoms with Crippen LogP contribution in [0.4, 0.5) is 11.4 Å². The number of carbonyl (C=O) groups excluding carboxylic acids is 4. The third kappa shape index (κ3) is 4.37. The number of nitrogens with one attached hydrogen (secondary N) is 1. The van der Waals surface area contributed by atoms with Gasteiger partial charge in [-0.2, -0.15) is 0 Å².